The number of ketones is 1. The highest BCUT2D eigenvalue weighted by Crippen LogP contribution is 2.39. The van der Waals surface area contributed by atoms with E-state index in [1.807, 2.05) is 19.1 Å². The monoisotopic (exact) mass is 492 g/mol. The summed E-state index contributed by atoms with van der Waals surface area (Å²) in [5.41, 5.74) is 1.57. The predicted octanol–water partition coefficient (Wildman–Crippen LogP) is 4.47. The molecule has 0 atom stereocenters. The number of aromatic amines is 1. The summed E-state index contributed by atoms with van der Waals surface area (Å²) < 4.78 is 43.1. The Hall–Kier alpha value is -4.11. The van der Waals surface area contributed by atoms with Gasteiger partial charge in [-0.05, 0) is 31.2 Å². The van der Waals surface area contributed by atoms with E-state index in [9.17, 15) is 13.2 Å². The van der Waals surface area contributed by atoms with Crippen molar-refractivity contribution in [3.8, 4) is 28.6 Å². The van der Waals surface area contributed by atoms with Gasteiger partial charge in [-0.15, -0.1) is 0 Å². The third-order valence-corrected chi connectivity index (χ3v) is 7.19. The van der Waals surface area contributed by atoms with Gasteiger partial charge in [0.05, 0.1) is 26.2 Å². The number of hydrogen-bond acceptors (Lipinski definition) is 7. The average Bonchev–Trinajstić information content (AvgIpc) is 3.34. The number of hydrogen-bond donors (Lipinski definition) is 1. The molecule has 8 nitrogen and oxygen atoms in total. The maximum atomic E-state index is 13.7. The maximum Gasteiger partial charge on any atom is 0.224 e. The Balaban J connectivity index is 1.92. The van der Waals surface area contributed by atoms with Crippen molar-refractivity contribution in [2.45, 2.75) is 16.8 Å². The fourth-order valence-electron chi connectivity index (χ4n) is 3.62. The molecule has 1 N–H and O–H groups in total. The van der Waals surface area contributed by atoms with Gasteiger partial charge in [-0.25, -0.2) is 13.4 Å². The first-order chi connectivity index (χ1) is 16.8. The minimum Gasteiger partial charge on any atom is -0.493 e. The van der Waals surface area contributed by atoms with Crippen LogP contribution in [0.2, 0.25) is 0 Å². The van der Waals surface area contributed by atoms with Crippen molar-refractivity contribution in [1.29, 1.82) is 0 Å². The number of benzene rings is 3. The molecule has 4 aromatic rings. The summed E-state index contributed by atoms with van der Waals surface area (Å²) in [5, 5.41) is -0.293. The molecule has 1 heterocycles. The van der Waals surface area contributed by atoms with Crippen molar-refractivity contribution in [2.75, 3.05) is 21.3 Å². The zero-order valence-corrected chi connectivity index (χ0v) is 20.5. The molecule has 0 fully saturated rings. The minimum atomic E-state index is -4.09. The van der Waals surface area contributed by atoms with Gasteiger partial charge in [0.15, 0.2) is 16.5 Å². The molecule has 0 spiro atoms. The highest BCUT2D eigenvalue weighted by Gasteiger charge is 2.31. The van der Waals surface area contributed by atoms with E-state index in [2.05, 4.69) is 9.97 Å². The first kappa shape index (κ1) is 24.0. The van der Waals surface area contributed by atoms with Crippen molar-refractivity contribution in [1.82, 2.24) is 9.97 Å². The summed E-state index contributed by atoms with van der Waals surface area (Å²) in [7, 11) is 0.227. The van der Waals surface area contributed by atoms with E-state index < -0.39 is 15.6 Å². The van der Waals surface area contributed by atoms with Gasteiger partial charge in [0.2, 0.25) is 21.4 Å². The van der Waals surface area contributed by atoms with Gasteiger partial charge in [-0.3, -0.25) is 4.79 Å². The Morgan fingerprint density at radius 3 is 2.00 bits per heavy atom. The fourth-order valence-corrected chi connectivity index (χ4v) is 5.00. The van der Waals surface area contributed by atoms with Gasteiger partial charge < -0.3 is 19.2 Å². The molecule has 180 valence electrons. The van der Waals surface area contributed by atoms with Crippen molar-refractivity contribution in [3.63, 3.8) is 0 Å². The van der Waals surface area contributed by atoms with Crippen LogP contribution in [0.4, 0.5) is 0 Å². The van der Waals surface area contributed by atoms with Crippen LogP contribution in [-0.4, -0.2) is 45.5 Å². The van der Waals surface area contributed by atoms with Crippen LogP contribution >= 0.6 is 0 Å². The quantitative estimate of drug-likeness (QED) is 0.362. The highest BCUT2D eigenvalue weighted by molar-refractivity contribution is 7.91. The number of aryl methyl sites for hydroxylation is 1. The summed E-state index contributed by atoms with van der Waals surface area (Å²) in [6.45, 7) is 1.94. The van der Waals surface area contributed by atoms with Crippen molar-refractivity contribution in [2.24, 2.45) is 0 Å². The molecule has 0 unspecified atom stereocenters. The molecule has 0 saturated heterocycles. The fraction of sp³-hybridized carbons (Fsp3) is 0.154. The lowest BCUT2D eigenvalue weighted by Gasteiger charge is -2.13. The second kappa shape index (κ2) is 9.63. The molecule has 1 aromatic heterocycles. The van der Waals surface area contributed by atoms with Gasteiger partial charge >= 0.3 is 0 Å². The van der Waals surface area contributed by atoms with Crippen LogP contribution in [0.3, 0.4) is 0 Å². The number of carbonyl (C=O) groups excluding carboxylic acids is 1. The van der Waals surface area contributed by atoms with E-state index in [0.717, 1.165) is 5.56 Å². The first-order valence-electron chi connectivity index (χ1n) is 10.6. The molecule has 0 aliphatic carbocycles. The zero-order valence-electron chi connectivity index (χ0n) is 19.7. The Bertz CT molecular complexity index is 1450. The number of aromatic nitrogens is 2. The number of rotatable bonds is 8. The topological polar surface area (TPSA) is 108 Å². The zero-order chi connectivity index (χ0) is 25.2. The van der Waals surface area contributed by atoms with Crippen LogP contribution in [0.25, 0.3) is 11.4 Å². The van der Waals surface area contributed by atoms with E-state index in [0.29, 0.717) is 11.3 Å². The summed E-state index contributed by atoms with van der Waals surface area (Å²) in [4.78, 5) is 21.0. The molecule has 0 aliphatic rings. The third kappa shape index (κ3) is 4.50. The lowest BCUT2D eigenvalue weighted by molar-refractivity contribution is 0.103. The molecule has 0 radical (unpaired) electrons. The van der Waals surface area contributed by atoms with Crippen molar-refractivity contribution < 1.29 is 27.4 Å². The van der Waals surface area contributed by atoms with Gasteiger partial charge in [0.25, 0.3) is 0 Å². The number of ether oxygens (including phenoxy) is 3. The van der Waals surface area contributed by atoms with Gasteiger partial charge in [-0.2, -0.15) is 0 Å². The van der Waals surface area contributed by atoms with Crippen LogP contribution < -0.4 is 14.2 Å². The van der Waals surface area contributed by atoms with Gasteiger partial charge in [-0.1, -0.05) is 48.0 Å². The molecular weight excluding hydrogens is 468 g/mol. The van der Waals surface area contributed by atoms with E-state index >= 15 is 0 Å². The Labute approximate surface area is 203 Å². The van der Waals surface area contributed by atoms with Crippen LogP contribution in [0, 0.1) is 6.92 Å². The molecule has 4 rings (SSSR count). The van der Waals surface area contributed by atoms with E-state index in [1.165, 1.54) is 45.6 Å². The molecule has 9 heteroatoms. The van der Waals surface area contributed by atoms with Crippen LogP contribution in [0.5, 0.6) is 17.2 Å². The molecule has 0 aliphatic heterocycles. The predicted molar refractivity (Wildman–Crippen MR) is 130 cm³/mol. The molecule has 0 saturated carbocycles. The number of methoxy groups -OCH3 is 3. The number of nitrogens with one attached hydrogen (secondary N) is 1. The van der Waals surface area contributed by atoms with Crippen LogP contribution in [-0.2, 0) is 9.84 Å². The Morgan fingerprint density at radius 1 is 0.857 bits per heavy atom. The van der Waals surface area contributed by atoms with E-state index in [4.69, 9.17) is 14.2 Å². The summed E-state index contributed by atoms with van der Waals surface area (Å²) >= 11 is 0. The summed E-state index contributed by atoms with van der Waals surface area (Å²) in [6.07, 6.45) is 0. The second-order valence-electron chi connectivity index (χ2n) is 7.69. The maximum absolute atomic E-state index is 13.7. The van der Waals surface area contributed by atoms with Gasteiger partial charge in [0.1, 0.15) is 11.5 Å². The summed E-state index contributed by atoms with van der Waals surface area (Å²) in [6, 6.07) is 18.2. The summed E-state index contributed by atoms with van der Waals surface area (Å²) in [5.74, 6) is 0.476. The normalized spacial score (nSPS) is 11.2. The van der Waals surface area contributed by atoms with Crippen LogP contribution in [0.15, 0.2) is 76.7 Å². The van der Waals surface area contributed by atoms with Gasteiger partial charge in [0, 0.05) is 11.1 Å². The average molecular weight is 493 g/mol. The van der Waals surface area contributed by atoms with Crippen molar-refractivity contribution in [3.05, 3.63) is 83.6 Å². The number of nitrogens with zero attached hydrogens (tertiary/aromatic N) is 1. The standard InChI is InChI=1S/C26H24N2O6S/c1-16-10-12-17(13-11-16)25-27-22(26(28-25)35(30,31)19-8-6-5-7-9-19)23(29)18-14-20(32-2)24(34-4)21(15-18)33-3/h5-15H,1-4H3,(H,27,28). The van der Waals surface area contributed by atoms with E-state index in [1.54, 1.807) is 30.3 Å². The SMILES string of the molecule is COc1cc(C(=O)c2nc(-c3ccc(C)cc3)[nH]c2S(=O)(=O)c2ccccc2)cc(OC)c1OC. The second-order valence-corrected chi connectivity index (χ2v) is 9.58. The molecule has 0 amide bonds. The number of carbonyl (C=O) groups is 1. The lowest BCUT2D eigenvalue weighted by Crippen LogP contribution is -2.11. The number of sulfone groups is 1. The molecule has 3 aromatic carbocycles. The lowest BCUT2D eigenvalue weighted by atomic mass is 10.1. The van der Waals surface area contributed by atoms with E-state index in [-0.39, 0.29) is 38.5 Å². The Morgan fingerprint density at radius 2 is 1.46 bits per heavy atom. The molecular formula is C26H24N2O6S. The number of imidazole rings is 1. The highest BCUT2D eigenvalue weighted by atomic mass is 32.2. The van der Waals surface area contributed by atoms with Crippen LogP contribution in [0.1, 0.15) is 21.6 Å². The Kier molecular flexibility index (Phi) is 6.61. The van der Waals surface area contributed by atoms with Crippen molar-refractivity contribution >= 4 is 15.6 Å². The molecule has 0 bridgehead atoms. The minimum absolute atomic E-state index is 0.0399. The molecule has 35 heavy (non-hydrogen) atoms. The first-order valence-corrected chi connectivity index (χ1v) is 12.1. The largest absolute Gasteiger partial charge is 0.493 e. The third-order valence-electron chi connectivity index (χ3n) is 5.46. The number of H-pyrrole nitrogens is 1. The smallest absolute Gasteiger partial charge is 0.224 e.